The lowest BCUT2D eigenvalue weighted by atomic mass is 9.66. The summed E-state index contributed by atoms with van der Waals surface area (Å²) in [5.41, 5.74) is -0.721. The molecule has 0 spiro atoms. The first-order chi connectivity index (χ1) is 8.11. The number of allylic oxidation sites excluding steroid dienone is 2. The highest BCUT2D eigenvalue weighted by Crippen LogP contribution is 2.58. The Balaban J connectivity index is 2.44. The van der Waals surface area contributed by atoms with Crippen LogP contribution in [0.1, 0.15) is 19.8 Å². The van der Waals surface area contributed by atoms with E-state index in [0.717, 1.165) is 6.42 Å². The number of fused-ring (bicyclic) bond motifs is 2. The molecule has 17 heavy (non-hydrogen) atoms. The predicted octanol–water partition coefficient (Wildman–Crippen LogP) is 1.55. The van der Waals surface area contributed by atoms with Crippen molar-refractivity contribution in [3.63, 3.8) is 0 Å². The molecule has 0 aromatic carbocycles. The zero-order valence-corrected chi connectivity index (χ0v) is 10.4. The van der Waals surface area contributed by atoms with Gasteiger partial charge in [-0.25, -0.2) is 0 Å². The fraction of sp³-hybridized carbons (Fsp3) is 0.692. The Morgan fingerprint density at radius 1 is 1.29 bits per heavy atom. The highest BCUT2D eigenvalue weighted by atomic mass is 16.5. The highest BCUT2D eigenvalue weighted by Gasteiger charge is 2.63. The second-order valence-corrected chi connectivity index (χ2v) is 4.78. The number of ether oxygens (including phenoxy) is 2. The molecule has 94 valence electrons. The van der Waals surface area contributed by atoms with E-state index in [9.17, 15) is 9.59 Å². The smallest absolute Gasteiger partial charge is 0.313 e. The molecule has 4 nitrogen and oxygen atoms in total. The minimum absolute atomic E-state index is 0.106. The molecule has 1 saturated carbocycles. The van der Waals surface area contributed by atoms with Crippen molar-refractivity contribution in [2.45, 2.75) is 19.8 Å². The lowest BCUT2D eigenvalue weighted by Gasteiger charge is -2.36. The van der Waals surface area contributed by atoms with Gasteiger partial charge in [-0.2, -0.15) is 0 Å². The van der Waals surface area contributed by atoms with Crippen molar-refractivity contribution in [1.29, 1.82) is 0 Å². The molecule has 0 aliphatic heterocycles. The molecule has 0 aromatic heterocycles. The summed E-state index contributed by atoms with van der Waals surface area (Å²) in [7, 11) is 2.75. The molecule has 4 unspecified atom stereocenters. The van der Waals surface area contributed by atoms with Crippen LogP contribution in [-0.4, -0.2) is 26.2 Å². The van der Waals surface area contributed by atoms with Gasteiger partial charge in [-0.1, -0.05) is 19.1 Å². The van der Waals surface area contributed by atoms with E-state index in [-0.39, 0.29) is 29.7 Å². The normalized spacial score (nSPS) is 38.2. The molecule has 2 aliphatic carbocycles. The van der Waals surface area contributed by atoms with E-state index in [4.69, 9.17) is 9.47 Å². The number of esters is 2. The molecular formula is C13H18O4. The van der Waals surface area contributed by atoms with E-state index in [1.54, 1.807) is 0 Å². The molecule has 4 atom stereocenters. The van der Waals surface area contributed by atoms with E-state index in [1.165, 1.54) is 14.2 Å². The molecule has 4 heteroatoms. The van der Waals surface area contributed by atoms with Crippen molar-refractivity contribution < 1.29 is 19.1 Å². The number of carbonyl (C=O) groups is 2. The first-order valence-corrected chi connectivity index (χ1v) is 5.96. The molecule has 1 fully saturated rings. The minimum Gasteiger partial charge on any atom is -0.469 e. The lowest BCUT2D eigenvalue weighted by molar-refractivity contribution is -0.168. The number of hydrogen-bond donors (Lipinski definition) is 0. The second-order valence-electron chi connectivity index (χ2n) is 4.78. The summed E-state index contributed by atoms with van der Waals surface area (Å²) in [6.45, 7) is 1.93. The Morgan fingerprint density at radius 2 is 2.00 bits per heavy atom. The van der Waals surface area contributed by atoms with Crippen LogP contribution in [0.2, 0.25) is 0 Å². The molecule has 0 heterocycles. The van der Waals surface area contributed by atoms with Crippen molar-refractivity contribution >= 4 is 11.9 Å². The molecule has 0 radical (unpaired) electrons. The van der Waals surface area contributed by atoms with Gasteiger partial charge in [0.25, 0.3) is 0 Å². The summed E-state index contributed by atoms with van der Waals surface area (Å²) in [5, 5.41) is 0. The maximum Gasteiger partial charge on any atom is 0.313 e. The Hall–Kier alpha value is -1.32. The Labute approximate surface area is 101 Å². The second kappa shape index (κ2) is 4.17. The van der Waals surface area contributed by atoms with Crippen LogP contribution in [0.4, 0.5) is 0 Å². The van der Waals surface area contributed by atoms with E-state index < -0.39 is 5.41 Å². The average molecular weight is 238 g/mol. The topological polar surface area (TPSA) is 52.6 Å². The van der Waals surface area contributed by atoms with Crippen LogP contribution in [0.3, 0.4) is 0 Å². The summed E-state index contributed by atoms with van der Waals surface area (Å²) >= 11 is 0. The molecule has 0 aromatic rings. The van der Waals surface area contributed by atoms with Crippen LogP contribution in [-0.2, 0) is 19.1 Å². The largest absolute Gasteiger partial charge is 0.469 e. The zero-order chi connectivity index (χ0) is 12.6. The summed E-state index contributed by atoms with van der Waals surface area (Å²) < 4.78 is 9.78. The first-order valence-electron chi connectivity index (χ1n) is 5.96. The van der Waals surface area contributed by atoms with E-state index >= 15 is 0 Å². The Kier molecular flexibility index (Phi) is 2.98. The third kappa shape index (κ3) is 1.43. The number of carbonyl (C=O) groups excluding carboxylic acids is 2. The summed E-state index contributed by atoms with van der Waals surface area (Å²) in [6.07, 6.45) is 5.53. The maximum absolute atomic E-state index is 12.1. The van der Waals surface area contributed by atoms with Gasteiger partial charge in [-0.3, -0.25) is 9.59 Å². The average Bonchev–Trinajstić information content (AvgIpc) is 2.95. The van der Waals surface area contributed by atoms with Gasteiger partial charge in [-0.15, -0.1) is 0 Å². The fourth-order valence-electron chi connectivity index (χ4n) is 3.58. The highest BCUT2D eigenvalue weighted by molar-refractivity contribution is 5.87. The molecule has 2 rings (SSSR count). The first kappa shape index (κ1) is 12.1. The molecule has 0 amide bonds. The maximum atomic E-state index is 12.1. The van der Waals surface area contributed by atoms with Crippen molar-refractivity contribution in [1.82, 2.24) is 0 Å². The standard InChI is InChI=1S/C13H18O4/c1-4-13(12(15)17-3)9-6-5-8(7-9)10(13)11(14)16-2/h5-6,8-10H,4,7H2,1-3H3. The van der Waals surface area contributed by atoms with Crippen LogP contribution < -0.4 is 0 Å². The van der Waals surface area contributed by atoms with Gasteiger partial charge in [-0.05, 0) is 24.7 Å². The van der Waals surface area contributed by atoms with E-state index in [2.05, 4.69) is 0 Å². The van der Waals surface area contributed by atoms with Gasteiger partial charge in [0.15, 0.2) is 0 Å². The van der Waals surface area contributed by atoms with Crippen LogP contribution in [0.25, 0.3) is 0 Å². The van der Waals surface area contributed by atoms with E-state index in [1.807, 2.05) is 19.1 Å². The fourth-order valence-corrected chi connectivity index (χ4v) is 3.58. The predicted molar refractivity (Wildman–Crippen MR) is 61.0 cm³/mol. The van der Waals surface area contributed by atoms with Crippen LogP contribution >= 0.6 is 0 Å². The quantitative estimate of drug-likeness (QED) is 0.553. The van der Waals surface area contributed by atoms with Crippen molar-refractivity contribution in [3.8, 4) is 0 Å². The Morgan fingerprint density at radius 3 is 2.53 bits per heavy atom. The minimum atomic E-state index is -0.721. The van der Waals surface area contributed by atoms with Gasteiger partial charge < -0.3 is 9.47 Å². The van der Waals surface area contributed by atoms with Crippen molar-refractivity contribution in [2.75, 3.05) is 14.2 Å². The summed E-state index contributed by atoms with van der Waals surface area (Å²) in [5.74, 6) is -0.748. The summed E-state index contributed by atoms with van der Waals surface area (Å²) in [6, 6.07) is 0. The molecular weight excluding hydrogens is 220 g/mol. The summed E-state index contributed by atoms with van der Waals surface area (Å²) in [4.78, 5) is 24.1. The van der Waals surface area contributed by atoms with Gasteiger partial charge >= 0.3 is 11.9 Å². The molecule has 0 saturated heterocycles. The molecule has 0 N–H and O–H groups in total. The number of methoxy groups -OCH3 is 2. The Bertz CT molecular complexity index is 374. The number of rotatable bonds is 3. The molecule has 2 aliphatic rings. The third-order valence-corrected chi connectivity index (χ3v) is 4.37. The van der Waals surface area contributed by atoms with Gasteiger partial charge in [0, 0.05) is 0 Å². The lowest BCUT2D eigenvalue weighted by Crippen LogP contribution is -2.46. The van der Waals surface area contributed by atoms with Crippen LogP contribution in [0, 0.1) is 23.2 Å². The van der Waals surface area contributed by atoms with Gasteiger partial charge in [0.05, 0.1) is 25.6 Å². The monoisotopic (exact) mass is 238 g/mol. The zero-order valence-electron chi connectivity index (χ0n) is 10.4. The number of hydrogen-bond acceptors (Lipinski definition) is 4. The van der Waals surface area contributed by atoms with Crippen molar-refractivity contribution in [2.24, 2.45) is 23.2 Å². The van der Waals surface area contributed by atoms with Gasteiger partial charge in [0.2, 0.25) is 0 Å². The molecule has 2 bridgehead atoms. The van der Waals surface area contributed by atoms with Crippen molar-refractivity contribution in [3.05, 3.63) is 12.2 Å². The van der Waals surface area contributed by atoms with Crippen LogP contribution in [0.15, 0.2) is 12.2 Å². The SMILES string of the molecule is CCC1(C(=O)OC)C2C=CC(C2)C1C(=O)OC. The van der Waals surface area contributed by atoms with E-state index in [0.29, 0.717) is 6.42 Å². The van der Waals surface area contributed by atoms with Gasteiger partial charge in [0.1, 0.15) is 0 Å². The van der Waals surface area contributed by atoms with Crippen LogP contribution in [0.5, 0.6) is 0 Å². The third-order valence-electron chi connectivity index (χ3n) is 4.37.